The van der Waals surface area contributed by atoms with Gasteiger partial charge in [0.1, 0.15) is 5.02 Å². The van der Waals surface area contributed by atoms with Crippen molar-refractivity contribution in [2.45, 2.75) is 63.1 Å². The van der Waals surface area contributed by atoms with Crippen LogP contribution in [0.25, 0.3) is 0 Å². The minimum absolute atomic E-state index is 0.0189. The second kappa shape index (κ2) is 7.04. The first kappa shape index (κ1) is 19.9. The van der Waals surface area contributed by atoms with Crippen LogP contribution in [-0.2, 0) is 27.5 Å². The Morgan fingerprint density at radius 1 is 1.08 bits per heavy atom. The Morgan fingerprint density at radius 2 is 1.64 bits per heavy atom. The molecule has 1 atom stereocenters. The number of hydrogen-bond donors (Lipinski definition) is 0. The fourth-order valence-corrected chi connectivity index (χ4v) is 3.87. The SMILES string of the molecule is CC(C)(C)c1ccc(CS(=O)c2cnn(C(C)(C)C)c(=O)c2Cl)cc1. The molecule has 2 rings (SSSR count). The van der Waals surface area contributed by atoms with E-state index in [9.17, 15) is 9.00 Å². The number of aromatic nitrogens is 2. The van der Waals surface area contributed by atoms with E-state index in [4.69, 9.17) is 11.6 Å². The van der Waals surface area contributed by atoms with Gasteiger partial charge < -0.3 is 0 Å². The zero-order valence-corrected chi connectivity index (χ0v) is 17.2. The van der Waals surface area contributed by atoms with Crippen LogP contribution < -0.4 is 5.56 Å². The van der Waals surface area contributed by atoms with Gasteiger partial charge in [-0.15, -0.1) is 0 Å². The summed E-state index contributed by atoms with van der Waals surface area (Å²) in [5.41, 5.74) is 1.33. The molecule has 0 fully saturated rings. The maximum atomic E-state index is 12.7. The van der Waals surface area contributed by atoms with E-state index in [1.807, 2.05) is 45.0 Å². The van der Waals surface area contributed by atoms with Crippen molar-refractivity contribution >= 4 is 22.4 Å². The molecule has 1 aromatic heterocycles. The molecule has 0 spiro atoms. The Balaban J connectivity index is 2.27. The Bertz CT molecular complexity index is 844. The first-order valence-corrected chi connectivity index (χ1v) is 9.87. The molecule has 6 heteroatoms. The molecule has 0 amide bonds. The monoisotopic (exact) mass is 380 g/mol. The summed E-state index contributed by atoms with van der Waals surface area (Å²) in [6, 6.07) is 8.03. The summed E-state index contributed by atoms with van der Waals surface area (Å²) in [6.07, 6.45) is 1.44. The molecule has 0 aliphatic rings. The molecule has 1 unspecified atom stereocenters. The van der Waals surface area contributed by atoms with E-state index < -0.39 is 21.9 Å². The normalized spacial score (nSPS) is 13.7. The molecule has 0 aliphatic carbocycles. The standard InChI is InChI=1S/C19H25ClN2O2S/c1-18(2,3)14-9-7-13(8-10-14)12-25(24)15-11-21-22(19(4,5)6)17(23)16(15)20/h7-11H,12H2,1-6H3. The topological polar surface area (TPSA) is 52.0 Å². The molecule has 136 valence electrons. The minimum Gasteiger partial charge on any atom is -0.266 e. The number of hydrogen-bond acceptors (Lipinski definition) is 3. The molecule has 0 saturated heterocycles. The second-order valence-corrected chi connectivity index (χ2v) is 9.94. The van der Waals surface area contributed by atoms with Gasteiger partial charge in [0.2, 0.25) is 0 Å². The van der Waals surface area contributed by atoms with Crippen LogP contribution in [0.1, 0.15) is 52.7 Å². The van der Waals surface area contributed by atoms with E-state index in [0.717, 1.165) is 5.56 Å². The van der Waals surface area contributed by atoms with E-state index in [-0.39, 0.29) is 15.3 Å². The lowest BCUT2D eigenvalue weighted by atomic mass is 9.87. The van der Waals surface area contributed by atoms with Crippen LogP contribution in [0.5, 0.6) is 0 Å². The van der Waals surface area contributed by atoms with Crippen molar-refractivity contribution in [3.8, 4) is 0 Å². The van der Waals surface area contributed by atoms with Gasteiger partial charge in [0.15, 0.2) is 0 Å². The molecule has 0 aliphatic heterocycles. The predicted octanol–water partition coefficient (Wildman–Crippen LogP) is 4.26. The van der Waals surface area contributed by atoms with Gasteiger partial charge in [0, 0.05) is 0 Å². The zero-order valence-electron chi connectivity index (χ0n) is 15.6. The largest absolute Gasteiger partial charge is 0.287 e. The molecule has 4 nitrogen and oxygen atoms in total. The van der Waals surface area contributed by atoms with E-state index in [1.165, 1.54) is 16.4 Å². The van der Waals surface area contributed by atoms with Gasteiger partial charge in [0.05, 0.1) is 33.2 Å². The second-order valence-electron chi connectivity index (χ2n) is 8.15. The maximum Gasteiger partial charge on any atom is 0.287 e. The van der Waals surface area contributed by atoms with Crippen molar-refractivity contribution in [1.29, 1.82) is 0 Å². The van der Waals surface area contributed by atoms with Crippen molar-refractivity contribution in [3.63, 3.8) is 0 Å². The van der Waals surface area contributed by atoms with Gasteiger partial charge in [-0.05, 0) is 37.3 Å². The summed E-state index contributed by atoms with van der Waals surface area (Å²) in [6.45, 7) is 12.0. The predicted molar refractivity (Wildman–Crippen MR) is 104 cm³/mol. The number of halogens is 1. The van der Waals surface area contributed by atoms with Crippen LogP contribution in [0.4, 0.5) is 0 Å². The van der Waals surface area contributed by atoms with Crippen molar-refractivity contribution in [3.05, 3.63) is 57.0 Å². The summed E-state index contributed by atoms with van der Waals surface area (Å²) in [7, 11) is -1.43. The zero-order chi connectivity index (χ0) is 19.0. The van der Waals surface area contributed by atoms with E-state index in [0.29, 0.717) is 5.75 Å². The molecule has 25 heavy (non-hydrogen) atoms. The fourth-order valence-electron chi connectivity index (χ4n) is 2.38. The Kier molecular flexibility index (Phi) is 5.59. The molecular weight excluding hydrogens is 356 g/mol. The van der Waals surface area contributed by atoms with Crippen LogP contribution in [0.3, 0.4) is 0 Å². The maximum absolute atomic E-state index is 12.7. The highest BCUT2D eigenvalue weighted by molar-refractivity contribution is 7.84. The van der Waals surface area contributed by atoms with Crippen molar-refractivity contribution in [2.24, 2.45) is 0 Å². The molecule has 0 saturated carbocycles. The van der Waals surface area contributed by atoms with Crippen LogP contribution in [0, 0.1) is 0 Å². The Morgan fingerprint density at radius 3 is 2.12 bits per heavy atom. The Labute approximate surface area is 156 Å². The smallest absolute Gasteiger partial charge is 0.266 e. The average molecular weight is 381 g/mol. The molecule has 1 aromatic carbocycles. The summed E-state index contributed by atoms with van der Waals surface area (Å²) in [5.74, 6) is 0.296. The summed E-state index contributed by atoms with van der Waals surface area (Å²) in [5, 5.41) is 4.13. The van der Waals surface area contributed by atoms with Gasteiger partial charge in [-0.25, -0.2) is 4.68 Å². The van der Waals surface area contributed by atoms with E-state index >= 15 is 0 Å². The quantitative estimate of drug-likeness (QED) is 0.799. The highest BCUT2D eigenvalue weighted by Crippen LogP contribution is 2.24. The third-order valence-electron chi connectivity index (χ3n) is 3.89. The van der Waals surface area contributed by atoms with Crippen molar-refractivity contribution < 1.29 is 4.21 Å². The van der Waals surface area contributed by atoms with Crippen LogP contribution in [0.2, 0.25) is 5.02 Å². The van der Waals surface area contributed by atoms with Gasteiger partial charge >= 0.3 is 0 Å². The molecule has 0 radical (unpaired) electrons. The lowest BCUT2D eigenvalue weighted by Gasteiger charge is -2.21. The van der Waals surface area contributed by atoms with Crippen LogP contribution in [-0.4, -0.2) is 14.0 Å². The van der Waals surface area contributed by atoms with Gasteiger partial charge in [0.25, 0.3) is 5.56 Å². The Hall–Kier alpha value is -1.46. The van der Waals surface area contributed by atoms with Crippen LogP contribution in [0.15, 0.2) is 40.2 Å². The lowest BCUT2D eigenvalue weighted by molar-refractivity contribution is 0.336. The van der Waals surface area contributed by atoms with Crippen LogP contribution >= 0.6 is 11.6 Å². The molecular formula is C19H25ClN2O2S. The summed E-state index contributed by atoms with van der Waals surface area (Å²) in [4.78, 5) is 12.7. The van der Waals surface area contributed by atoms with Gasteiger partial charge in [-0.3, -0.25) is 9.00 Å². The molecule has 0 N–H and O–H groups in total. The summed E-state index contributed by atoms with van der Waals surface area (Å²) < 4.78 is 14.0. The molecule has 0 bridgehead atoms. The van der Waals surface area contributed by atoms with Crippen molar-refractivity contribution in [2.75, 3.05) is 0 Å². The van der Waals surface area contributed by atoms with Gasteiger partial charge in [-0.2, -0.15) is 5.10 Å². The van der Waals surface area contributed by atoms with E-state index in [2.05, 4.69) is 25.9 Å². The first-order valence-electron chi connectivity index (χ1n) is 8.17. The highest BCUT2D eigenvalue weighted by Gasteiger charge is 2.21. The first-order chi connectivity index (χ1) is 11.4. The number of rotatable bonds is 3. The minimum atomic E-state index is -1.43. The highest BCUT2D eigenvalue weighted by atomic mass is 35.5. The summed E-state index contributed by atoms with van der Waals surface area (Å²) >= 11 is 6.18. The van der Waals surface area contributed by atoms with Gasteiger partial charge in [-0.1, -0.05) is 56.6 Å². The molecule has 2 aromatic rings. The third kappa shape index (κ3) is 4.59. The molecule has 1 heterocycles. The lowest BCUT2D eigenvalue weighted by Crippen LogP contribution is -2.36. The van der Waals surface area contributed by atoms with Crippen molar-refractivity contribution in [1.82, 2.24) is 9.78 Å². The van der Waals surface area contributed by atoms with E-state index in [1.54, 1.807) is 0 Å². The average Bonchev–Trinajstić information content (AvgIpc) is 2.48. The fraction of sp³-hybridized carbons (Fsp3) is 0.474. The number of nitrogens with zero attached hydrogens (tertiary/aromatic N) is 2. The number of benzene rings is 1. The third-order valence-corrected chi connectivity index (χ3v) is 5.76.